The number of nitrogens with zero attached hydrogens (tertiary/aromatic N) is 2. The summed E-state index contributed by atoms with van der Waals surface area (Å²) in [5.41, 5.74) is 5.53. The molecule has 1 unspecified atom stereocenters. The van der Waals surface area contributed by atoms with E-state index in [9.17, 15) is 4.79 Å². The van der Waals surface area contributed by atoms with Gasteiger partial charge in [0.2, 0.25) is 0 Å². The summed E-state index contributed by atoms with van der Waals surface area (Å²) in [4.78, 5) is 15.1. The fourth-order valence-electron chi connectivity index (χ4n) is 4.46. The Kier molecular flexibility index (Phi) is 4.81. The molecule has 2 aliphatic rings. The predicted molar refractivity (Wildman–Crippen MR) is 113 cm³/mol. The Hall–Kier alpha value is -3.06. The lowest BCUT2D eigenvalue weighted by Crippen LogP contribution is -2.31. The predicted octanol–water partition coefficient (Wildman–Crippen LogP) is 3.60. The molecular weight excluding hydrogens is 366 g/mol. The van der Waals surface area contributed by atoms with Gasteiger partial charge in [-0.2, -0.15) is 5.10 Å². The van der Waals surface area contributed by atoms with E-state index < -0.39 is 0 Å². The van der Waals surface area contributed by atoms with Gasteiger partial charge in [-0.3, -0.25) is 5.10 Å². The number of hydrogen-bond acceptors (Lipinski definition) is 4. The van der Waals surface area contributed by atoms with Gasteiger partial charge in [0.1, 0.15) is 0 Å². The van der Waals surface area contributed by atoms with Gasteiger partial charge in [0.25, 0.3) is 0 Å². The van der Waals surface area contributed by atoms with Crippen molar-refractivity contribution in [2.45, 2.75) is 25.3 Å². The molecule has 0 bridgehead atoms. The molecule has 7 nitrogen and oxygen atoms in total. The zero-order valence-corrected chi connectivity index (χ0v) is 16.3. The van der Waals surface area contributed by atoms with E-state index in [1.54, 1.807) is 6.20 Å². The third kappa shape index (κ3) is 3.53. The lowest BCUT2D eigenvalue weighted by atomic mass is 10.1. The highest BCUT2D eigenvalue weighted by Crippen LogP contribution is 2.37. The van der Waals surface area contributed by atoms with E-state index in [4.69, 9.17) is 4.74 Å². The number of fused-ring (bicyclic) bond motifs is 2. The Morgan fingerprint density at radius 2 is 2.10 bits per heavy atom. The van der Waals surface area contributed by atoms with Crippen LogP contribution in [0.25, 0.3) is 10.9 Å². The Morgan fingerprint density at radius 1 is 1.17 bits per heavy atom. The first-order chi connectivity index (χ1) is 14.3. The quantitative estimate of drug-likeness (QED) is 0.637. The highest BCUT2D eigenvalue weighted by molar-refractivity contribution is 6.00. The number of urea groups is 1. The molecule has 0 saturated carbocycles. The van der Waals surface area contributed by atoms with E-state index in [2.05, 4.69) is 43.9 Å². The van der Waals surface area contributed by atoms with Gasteiger partial charge in [-0.15, -0.1) is 0 Å². The second-order valence-corrected chi connectivity index (χ2v) is 7.62. The van der Waals surface area contributed by atoms with Crippen LogP contribution in [0.3, 0.4) is 0 Å². The van der Waals surface area contributed by atoms with Crippen LogP contribution >= 0.6 is 0 Å². The number of rotatable bonds is 3. The molecule has 29 heavy (non-hydrogen) atoms. The first-order valence-corrected chi connectivity index (χ1v) is 10.2. The number of carbonyl (C=O) groups is 1. The average molecular weight is 391 g/mol. The molecule has 150 valence electrons. The van der Waals surface area contributed by atoms with Crippen molar-refractivity contribution in [3.05, 3.63) is 53.7 Å². The molecule has 3 aromatic rings. The van der Waals surface area contributed by atoms with Crippen LogP contribution in [0.4, 0.5) is 16.2 Å². The molecule has 2 heterocycles. The molecule has 1 fully saturated rings. The minimum Gasteiger partial charge on any atom is -0.380 e. The van der Waals surface area contributed by atoms with Crippen LogP contribution in [0.5, 0.6) is 0 Å². The first-order valence-electron chi connectivity index (χ1n) is 10.2. The van der Waals surface area contributed by atoms with Gasteiger partial charge >= 0.3 is 6.03 Å². The van der Waals surface area contributed by atoms with E-state index >= 15 is 0 Å². The van der Waals surface area contributed by atoms with Crippen molar-refractivity contribution in [2.75, 3.05) is 36.5 Å². The second kappa shape index (κ2) is 7.75. The molecule has 5 rings (SSSR count). The molecular formula is C22H25N5O2. The summed E-state index contributed by atoms with van der Waals surface area (Å²) in [6.45, 7) is 3.54. The SMILES string of the molecule is O=C(Nc1cccc2[nH]ncc12)NC1CCc2c1cccc2N1CCCOCC1. The lowest BCUT2D eigenvalue weighted by molar-refractivity contribution is 0.152. The summed E-state index contributed by atoms with van der Waals surface area (Å²) in [7, 11) is 0. The normalized spacial score (nSPS) is 19.0. The van der Waals surface area contributed by atoms with Crippen LogP contribution in [0.1, 0.15) is 30.0 Å². The lowest BCUT2D eigenvalue weighted by Gasteiger charge is -2.25. The number of H-pyrrole nitrogens is 1. The third-order valence-corrected chi connectivity index (χ3v) is 5.85. The smallest absolute Gasteiger partial charge is 0.319 e. The number of ether oxygens (including phenoxy) is 1. The minimum atomic E-state index is -0.190. The van der Waals surface area contributed by atoms with Gasteiger partial charge in [-0.1, -0.05) is 18.2 Å². The average Bonchev–Trinajstić information content (AvgIpc) is 3.28. The Labute approximate surface area is 169 Å². The van der Waals surface area contributed by atoms with Crippen molar-refractivity contribution in [1.82, 2.24) is 15.5 Å². The summed E-state index contributed by atoms with van der Waals surface area (Å²) in [5.74, 6) is 0. The van der Waals surface area contributed by atoms with Gasteiger partial charge in [0, 0.05) is 30.8 Å². The van der Waals surface area contributed by atoms with Crippen molar-refractivity contribution < 1.29 is 9.53 Å². The van der Waals surface area contributed by atoms with Crippen molar-refractivity contribution in [3.63, 3.8) is 0 Å². The maximum atomic E-state index is 12.7. The van der Waals surface area contributed by atoms with Crippen molar-refractivity contribution in [1.29, 1.82) is 0 Å². The van der Waals surface area contributed by atoms with Gasteiger partial charge in [0.05, 0.1) is 30.0 Å². The van der Waals surface area contributed by atoms with E-state index in [0.717, 1.165) is 62.2 Å². The molecule has 0 spiro atoms. The van der Waals surface area contributed by atoms with Gasteiger partial charge in [0.15, 0.2) is 0 Å². The summed E-state index contributed by atoms with van der Waals surface area (Å²) in [6, 6.07) is 12.0. The number of aromatic amines is 1. The number of anilines is 2. The number of hydrogen-bond donors (Lipinski definition) is 3. The Balaban J connectivity index is 1.32. The molecule has 1 atom stereocenters. The number of aromatic nitrogens is 2. The second-order valence-electron chi connectivity index (χ2n) is 7.62. The highest BCUT2D eigenvalue weighted by Gasteiger charge is 2.27. The maximum Gasteiger partial charge on any atom is 0.319 e. The van der Waals surface area contributed by atoms with Crippen LogP contribution in [0.2, 0.25) is 0 Å². The molecule has 7 heteroatoms. The first kappa shape index (κ1) is 18.0. The molecule has 3 N–H and O–H groups in total. The standard InChI is InChI=1S/C22H25N5O2/c28-22(24-18-5-2-6-20-17(18)14-23-26-20)25-19-9-8-16-15(19)4-1-7-21(16)27-10-3-12-29-13-11-27/h1-2,4-7,14,19H,3,8-13H2,(H,23,26)(H2,24,25,28). The van der Waals surface area contributed by atoms with Crippen molar-refractivity contribution in [3.8, 4) is 0 Å². The van der Waals surface area contributed by atoms with Gasteiger partial charge in [-0.25, -0.2) is 4.79 Å². The molecule has 0 radical (unpaired) electrons. The van der Waals surface area contributed by atoms with E-state index in [1.807, 2.05) is 18.2 Å². The third-order valence-electron chi connectivity index (χ3n) is 5.85. The summed E-state index contributed by atoms with van der Waals surface area (Å²) >= 11 is 0. The zero-order valence-electron chi connectivity index (χ0n) is 16.3. The van der Waals surface area contributed by atoms with E-state index in [1.165, 1.54) is 16.8 Å². The topological polar surface area (TPSA) is 82.3 Å². The van der Waals surface area contributed by atoms with E-state index in [0.29, 0.717) is 0 Å². The van der Waals surface area contributed by atoms with E-state index in [-0.39, 0.29) is 12.1 Å². The number of benzene rings is 2. The number of amides is 2. The highest BCUT2D eigenvalue weighted by atomic mass is 16.5. The molecule has 1 aromatic heterocycles. The fourth-order valence-corrected chi connectivity index (χ4v) is 4.46. The molecule has 1 aliphatic carbocycles. The number of carbonyl (C=O) groups excluding carboxylic acids is 1. The van der Waals surface area contributed by atoms with Gasteiger partial charge in [-0.05, 0) is 48.6 Å². The van der Waals surface area contributed by atoms with Crippen molar-refractivity contribution >= 4 is 28.3 Å². The summed E-state index contributed by atoms with van der Waals surface area (Å²) in [6.07, 6.45) is 4.67. The van der Waals surface area contributed by atoms with Crippen LogP contribution in [0, 0.1) is 0 Å². The molecule has 1 aliphatic heterocycles. The fraction of sp³-hybridized carbons (Fsp3) is 0.364. The largest absolute Gasteiger partial charge is 0.380 e. The Bertz CT molecular complexity index is 1020. The van der Waals surface area contributed by atoms with Gasteiger partial charge < -0.3 is 20.3 Å². The monoisotopic (exact) mass is 391 g/mol. The Morgan fingerprint density at radius 3 is 3.07 bits per heavy atom. The minimum absolute atomic E-state index is 0.0248. The van der Waals surface area contributed by atoms with Crippen LogP contribution in [-0.2, 0) is 11.2 Å². The maximum absolute atomic E-state index is 12.7. The van der Waals surface area contributed by atoms with Crippen LogP contribution in [-0.4, -0.2) is 42.5 Å². The summed E-state index contributed by atoms with van der Waals surface area (Å²) in [5, 5.41) is 14.0. The molecule has 2 aromatic carbocycles. The zero-order chi connectivity index (χ0) is 19.6. The number of nitrogens with one attached hydrogen (secondary N) is 3. The van der Waals surface area contributed by atoms with Crippen LogP contribution < -0.4 is 15.5 Å². The molecule has 2 amide bonds. The molecule has 1 saturated heterocycles. The van der Waals surface area contributed by atoms with Crippen LogP contribution in [0.15, 0.2) is 42.6 Å². The summed E-state index contributed by atoms with van der Waals surface area (Å²) < 4.78 is 5.61. The van der Waals surface area contributed by atoms with Crippen molar-refractivity contribution in [2.24, 2.45) is 0 Å².